The number of amides is 1. The minimum absolute atomic E-state index is 0.0805. The van der Waals surface area contributed by atoms with Crippen LogP contribution in [0.15, 0.2) is 82.8 Å². The van der Waals surface area contributed by atoms with Crippen LogP contribution in [0.2, 0.25) is 0 Å². The number of carbonyl (C=O) groups excluding carboxylic acids is 1. The molecule has 0 aliphatic rings. The molecular formula is C25H27N3O5S. The van der Waals surface area contributed by atoms with E-state index in [9.17, 15) is 13.2 Å². The highest BCUT2D eigenvalue weighted by atomic mass is 32.2. The predicted molar refractivity (Wildman–Crippen MR) is 130 cm³/mol. The van der Waals surface area contributed by atoms with Gasteiger partial charge in [-0.25, -0.2) is 13.8 Å². The number of likely N-dealkylation sites (N-methyl/N-ethyl adjacent to an activating group) is 1. The van der Waals surface area contributed by atoms with Gasteiger partial charge in [-0.15, -0.1) is 0 Å². The Hall–Kier alpha value is -3.69. The second-order valence-corrected chi connectivity index (χ2v) is 9.58. The van der Waals surface area contributed by atoms with Crippen LogP contribution in [-0.4, -0.2) is 45.5 Å². The molecule has 8 nitrogen and oxygen atoms in total. The summed E-state index contributed by atoms with van der Waals surface area (Å²) in [4.78, 5) is 12.3. The highest BCUT2D eigenvalue weighted by Crippen LogP contribution is 2.23. The van der Waals surface area contributed by atoms with Crippen molar-refractivity contribution >= 4 is 22.1 Å². The first-order valence-electron chi connectivity index (χ1n) is 10.5. The van der Waals surface area contributed by atoms with Crippen molar-refractivity contribution < 1.29 is 22.7 Å². The fraction of sp³-hybridized carbons (Fsp3) is 0.200. The second-order valence-electron chi connectivity index (χ2n) is 7.53. The lowest BCUT2D eigenvalue weighted by atomic mass is 10.2. The number of nitrogens with one attached hydrogen (secondary N) is 1. The molecular weight excluding hydrogens is 454 g/mol. The first-order valence-corrected chi connectivity index (χ1v) is 11.9. The van der Waals surface area contributed by atoms with Gasteiger partial charge in [-0.3, -0.25) is 4.79 Å². The third-order valence-corrected chi connectivity index (χ3v) is 6.75. The highest BCUT2D eigenvalue weighted by Gasteiger charge is 2.23. The molecule has 178 valence electrons. The number of benzene rings is 3. The van der Waals surface area contributed by atoms with Gasteiger partial charge in [0.25, 0.3) is 5.91 Å². The summed E-state index contributed by atoms with van der Waals surface area (Å²) in [5.41, 5.74) is 4.81. The standard InChI is InChI=1S/C25H27N3O5S/c1-19-14-23(12-13-24(19)32-3)34(30,31)28(2)17-25(29)27-26-16-21-10-7-11-22(15-21)33-18-20-8-5-4-6-9-20/h4-16H,17-18H2,1-3H3,(H,27,29). The Bertz CT molecular complexity index is 1260. The van der Waals surface area contributed by atoms with E-state index in [0.29, 0.717) is 23.7 Å². The molecule has 1 amide bonds. The molecule has 3 aromatic carbocycles. The Labute approximate surface area is 199 Å². The van der Waals surface area contributed by atoms with Crippen molar-refractivity contribution in [2.45, 2.75) is 18.4 Å². The Morgan fingerprint density at radius 3 is 2.53 bits per heavy atom. The number of methoxy groups -OCH3 is 1. The number of ether oxygens (including phenoxy) is 2. The van der Waals surface area contributed by atoms with E-state index in [1.54, 1.807) is 19.1 Å². The minimum Gasteiger partial charge on any atom is -0.496 e. The smallest absolute Gasteiger partial charge is 0.255 e. The molecule has 3 aromatic rings. The lowest BCUT2D eigenvalue weighted by Crippen LogP contribution is -2.36. The Kier molecular flexibility index (Phi) is 8.39. The summed E-state index contributed by atoms with van der Waals surface area (Å²) in [6.45, 7) is 1.80. The molecule has 1 N–H and O–H groups in total. The van der Waals surface area contributed by atoms with Crippen molar-refractivity contribution in [3.63, 3.8) is 0 Å². The maximum atomic E-state index is 12.8. The van der Waals surface area contributed by atoms with Gasteiger partial charge in [-0.1, -0.05) is 42.5 Å². The van der Waals surface area contributed by atoms with Crippen molar-refractivity contribution in [1.82, 2.24) is 9.73 Å². The number of hydrogen-bond donors (Lipinski definition) is 1. The summed E-state index contributed by atoms with van der Waals surface area (Å²) in [5.74, 6) is 0.687. The topological polar surface area (TPSA) is 97.3 Å². The average Bonchev–Trinajstić information content (AvgIpc) is 2.83. The fourth-order valence-corrected chi connectivity index (χ4v) is 4.33. The molecule has 0 radical (unpaired) electrons. The Morgan fingerprint density at radius 2 is 1.82 bits per heavy atom. The van der Waals surface area contributed by atoms with E-state index in [4.69, 9.17) is 9.47 Å². The molecule has 34 heavy (non-hydrogen) atoms. The number of nitrogens with zero attached hydrogens (tertiary/aromatic N) is 2. The normalized spacial score (nSPS) is 11.5. The predicted octanol–water partition coefficient (Wildman–Crippen LogP) is 3.35. The molecule has 0 unspecified atom stereocenters. The van der Waals surface area contributed by atoms with Crippen LogP contribution >= 0.6 is 0 Å². The van der Waals surface area contributed by atoms with Crippen molar-refractivity contribution in [2.24, 2.45) is 5.10 Å². The largest absolute Gasteiger partial charge is 0.496 e. The van der Waals surface area contributed by atoms with Crippen LogP contribution in [0.5, 0.6) is 11.5 Å². The number of hydrazone groups is 1. The zero-order valence-corrected chi connectivity index (χ0v) is 20.1. The van der Waals surface area contributed by atoms with Gasteiger partial charge in [0.15, 0.2) is 0 Å². The van der Waals surface area contributed by atoms with E-state index in [0.717, 1.165) is 15.4 Å². The van der Waals surface area contributed by atoms with Crippen LogP contribution in [0.1, 0.15) is 16.7 Å². The molecule has 0 saturated carbocycles. The van der Waals surface area contributed by atoms with Crippen LogP contribution in [0.25, 0.3) is 0 Å². The second kappa shape index (κ2) is 11.4. The van der Waals surface area contributed by atoms with E-state index in [-0.39, 0.29) is 11.4 Å². The van der Waals surface area contributed by atoms with Gasteiger partial charge in [0.2, 0.25) is 10.0 Å². The van der Waals surface area contributed by atoms with Gasteiger partial charge in [0.05, 0.1) is 24.8 Å². The molecule has 0 fully saturated rings. The number of sulfonamides is 1. The van der Waals surface area contributed by atoms with Gasteiger partial charge in [-0.05, 0) is 53.9 Å². The quantitative estimate of drug-likeness (QED) is 0.354. The molecule has 0 atom stereocenters. The minimum atomic E-state index is -3.85. The highest BCUT2D eigenvalue weighted by molar-refractivity contribution is 7.89. The first-order chi connectivity index (χ1) is 16.3. The zero-order valence-electron chi connectivity index (χ0n) is 19.3. The van der Waals surface area contributed by atoms with Crippen molar-refractivity contribution in [1.29, 1.82) is 0 Å². The summed E-state index contributed by atoms with van der Waals surface area (Å²) in [5, 5.41) is 3.93. The molecule has 0 aromatic heterocycles. The van der Waals surface area contributed by atoms with Crippen LogP contribution in [0.3, 0.4) is 0 Å². The Morgan fingerprint density at radius 1 is 1.06 bits per heavy atom. The molecule has 0 bridgehead atoms. The number of hydrogen-bond acceptors (Lipinski definition) is 6. The maximum absolute atomic E-state index is 12.8. The summed E-state index contributed by atoms with van der Waals surface area (Å²) >= 11 is 0. The Balaban J connectivity index is 1.55. The van der Waals surface area contributed by atoms with E-state index in [1.165, 1.54) is 32.5 Å². The zero-order chi connectivity index (χ0) is 24.6. The van der Waals surface area contributed by atoms with Gasteiger partial charge in [0.1, 0.15) is 18.1 Å². The van der Waals surface area contributed by atoms with Gasteiger partial charge < -0.3 is 9.47 Å². The van der Waals surface area contributed by atoms with Crippen LogP contribution in [0, 0.1) is 6.92 Å². The number of rotatable bonds is 10. The van der Waals surface area contributed by atoms with Gasteiger partial charge in [0, 0.05) is 7.05 Å². The average molecular weight is 482 g/mol. The third kappa shape index (κ3) is 6.66. The van der Waals surface area contributed by atoms with Crippen molar-refractivity contribution in [3.05, 3.63) is 89.5 Å². The summed E-state index contributed by atoms with van der Waals surface area (Å²) in [6, 6.07) is 21.6. The van der Waals surface area contributed by atoms with Crippen molar-refractivity contribution in [3.8, 4) is 11.5 Å². The summed E-state index contributed by atoms with van der Waals surface area (Å²) in [6.07, 6.45) is 1.47. The molecule has 0 aliphatic heterocycles. The molecule has 9 heteroatoms. The fourth-order valence-electron chi connectivity index (χ4n) is 3.12. The number of aryl methyl sites for hydroxylation is 1. The van der Waals surface area contributed by atoms with E-state index in [2.05, 4.69) is 10.5 Å². The molecule has 0 aliphatic carbocycles. The summed E-state index contributed by atoms with van der Waals surface area (Å²) < 4.78 is 37.5. The lowest BCUT2D eigenvalue weighted by Gasteiger charge is -2.17. The van der Waals surface area contributed by atoms with Gasteiger partial charge in [-0.2, -0.15) is 9.41 Å². The van der Waals surface area contributed by atoms with Crippen molar-refractivity contribution in [2.75, 3.05) is 20.7 Å². The monoisotopic (exact) mass is 481 g/mol. The molecule has 0 heterocycles. The number of carbonyl (C=O) groups is 1. The first kappa shape index (κ1) is 24.9. The maximum Gasteiger partial charge on any atom is 0.255 e. The third-order valence-electron chi connectivity index (χ3n) is 4.95. The van der Waals surface area contributed by atoms with E-state index >= 15 is 0 Å². The summed E-state index contributed by atoms with van der Waals surface area (Å²) in [7, 11) is -0.991. The van der Waals surface area contributed by atoms with Gasteiger partial charge >= 0.3 is 0 Å². The lowest BCUT2D eigenvalue weighted by molar-refractivity contribution is -0.121. The van der Waals surface area contributed by atoms with Crippen LogP contribution in [0.4, 0.5) is 0 Å². The molecule has 3 rings (SSSR count). The van der Waals surface area contributed by atoms with Crippen LogP contribution in [-0.2, 0) is 21.4 Å². The van der Waals surface area contributed by atoms with Crippen LogP contribution < -0.4 is 14.9 Å². The van der Waals surface area contributed by atoms with E-state index in [1.807, 2.05) is 48.5 Å². The van der Waals surface area contributed by atoms with E-state index < -0.39 is 15.9 Å². The SMILES string of the molecule is COc1ccc(S(=O)(=O)N(C)CC(=O)NN=Cc2cccc(OCc3ccccc3)c2)cc1C. The molecule has 0 saturated heterocycles. The molecule has 0 spiro atoms.